The lowest BCUT2D eigenvalue weighted by Gasteiger charge is -2.29. The Balaban J connectivity index is 2.08. The number of amides is 1. The number of nitrogens with one attached hydrogen (secondary N) is 2. The Bertz CT molecular complexity index is 408. The number of carbonyl (C=O) groups is 1. The summed E-state index contributed by atoms with van der Waals surface area (Å²) >= 11 is 0. The monoisotopic (exact) mass is 248 g/mol. The van der Waals surface area contributed by atoms with Gasteiger partial charge in [0.05, 0.1) is 6.54 Å². The van der Waals surface area contributed by atoms with Crippen molar-refractivity contribution in [1.29, 1.82) is 0 Å². The van der Waals surface area contributed by atoms with Crippen LogP contribution in [0.15, 0.2) is 18.3 Å². The second kappa shape index (κ2) is 6.35. The van der Waals surface area contributed by atoms with Crippen molar-refractivity contribution >= 4 is 11.7 Å². The molecule has 0 saturated carbocycles. The minimum Gasteiger partial charge on any atom is -0.353 e. The maximum atomic E-state index is 11.4. The van der Waals surface area contributed by atoms with Crippen LogP contribution >= 0.6 is 0 Å². The van der Waals surface area contributed by atoms with E-state index in [2.05, 4.69) is 28.6 Å². The molecule has 2 N–H and O–H groups in total. The Hall–Kier alpha value is -1.62. The molecule has 2 rings (SSSR count). The quantitative estimate of drug-likeness (QED) is 0.746. The first-order chi connectivity index (χ1) is 8.81. The Morgan fingerprint density at radius 1 is 1.56 bits per heavy atom. The molecule has 1 aliphatic rings. The average molecular weight is 248 g/mol. The zero-order valence-corrected chi connectivity index (χ0v) is 10.8. The summed E-state index contributed by atoms with van der Waals surface area (Å²) in [5.41, 5.74) is 1.15. The molecule has 5 heteroatoms. The second-order valence-corrected chi connectivity index (χ2v) is 4.43. The van der Waals surface area contributed by atoms with Crippen molar-refractivity contribution in [2.24, 2.45) is 0 Å². The predicted molar refractivity (Wildman–Crippen MR) is 71.5 cm³/mol. The summed E-state index contributed by atoms with van der Waals surface area (Å²) in [4.78, 5) is 17.9. The van der Waals surface area contributed by atoms with Crippen molar-refractivity contribution in [1.82, 2.24) is 15.6 Å². The van der Waals surface area contributed by atoms with Crippen molar-refractivity contribution < 1.29 is 4.79 Å². The number of aromatic nitrogens is 1. The van der Waals surface area contributed by atoms with Crippen LogP contribution < -0.4 is 15.5 Å². The fourth-order valence-corrected chi connectivity index (χ4v) is 2.07. The highest BCUT2D eigenvalue weighted by Crippen LogP contribution is 2.17. The SMILES string of the molecule is CCCNCc1cccnc1N1CCNC(=O)C1. The fourth-order valence-electron chi connectivity index (χ4n) is 2.07. The van der Waals surface area contributed by atoms with Crippen molar-refractivity contribution in [2.45, 2.75) is 19.9 Å². The van der Waals surface area contributed by atoms with Gasteiger partial charge in [-0.3, -0.25) is 4.79 Å². The molecule has 1 amide bonds. The third-order valence-electron chi connectivity index (χ3n) is 2.95. The summed E-state index contributed by atoms with van der Waals surface area (Å²) in [5, 5.41) is 6.20. The van der Waals surface area contributed by atoms with Gasteiger partial charge in [-0.15, -0.1) is 0 Å². The van der Waals surface area contributed by atoms with Crippen LogP contribution in [0.3, 0.4) is 0 Å². The summed E-state index contributed by atoms with van der Waals surface area (Å²) < 4.78 is 0. The van der Waals surface area contributed by atoms with Gasteiger partial charge >= 0.3 is 0 Å². The van der Waals surface area contributed by atoms with Gasteiger partial charge in [-0.25, -0.2) is 4.98 Å². The molecule has 0 spiro atoms. The first kappa shape index (κ1) is 12.8. The molecule has 0 aliphatic carbocycles. The number of rotatable bonds is 5. The van der Waals surface area contributed by atoms with E-state index in [4.69, 9.17) is 0 Å². The molecular formula is C13H20N4O. The zero-order chi connectivity index (χ0) is 12.8. The van der Waals surface area contributed by atoms with Gasteiger partial charge in [0.2, 0.25) is 5.91 Å². The highest BCUT2D eigenvalue weighted by Gasteiger charge is 2.19. The third-order valence-corrected chi connectivity index (χ3v) is 2.95. The lowest BCUT2D eigenvalue weighted by atomic mass is 10.2. The fraction of sp³-hybridized carbons (Fsp3) is 0.538. The summed E-state index contributed by atoms with van der Waals surface area (Å²) in [7, 11) is 0. The van der Waals surface area contributed by atoms with Gasteiger partial charge in [0.15, 0.2) is 0 Å². The standard InChI is InChI=1S/C13H20N4O/c1-2-5-14-9-11-4-3-6-16-13(11)17-8-7-15-12(18)10-17/h3-4,6,14H,2,5,7-10H2,1H3,(H,15,18). The molecule has 1 saturated heterocycles. The molecule has 0 unspecified atom stereocenters. The number of hydrogen-bond acceptors (Lipinski definition) is 4. The van der Waals surface area contributed by atoms with Crippen LogP contribution in [0.2, 0.25) is 0 Å². The first-order valence-corrected chi connectivity index (χ1v) is 6.47. The number of piperazine rings is 1. The van der Waals surface area contributed by atoms with E-state index < -0.39 is 0 Å². The topological polar surface area (TPSA) is 57.3 Å². The van der Waals surface area contributed by atoms with E-state index >= 15 is 0 Å². The van der Waals surface area contributed by atoms with Gasteiger partial charge in [0.25, 0.3) is 0 Å². The first-order valence-electron chi connectivity index (χ1n) is 6.47. The third kappa shape index (κ3) is 3.20. The van der Waals surface area contributed by atoms with Crippen molar-refractivity contribution in [3.8, 4) is 0 Å². The molecule has 1 aromatic heterocycles. The van der Waals surface area contributed by atoms with E-state index in [1.54, 1.807) is 6.20 Å². The molecule has 1 aliphatic heterocycles. The van der Waals surface area contributed by atoms with Crippen LogP contribution in [0.1, 0.15) is 18.9 Å². The van der Waals surface area contributed by atoms with Crippen molar-refractivity contribution in [3.05, 3.63) is 23.9 Å². The molecule has 0 bridgehead atoms. The van der Waals surface area contributed by atoms with Crippen molar-refractivity contribution in [3.63, 3.8) is 0 Å². The smallest absolute Gasteiger partial charge is 0.239 e. The molecule has 0 atom stereocenters. The Kier molecular flexibility index (Phi) is 4.52. The second-order valence-electron chi connectivity index (χ2n) is 4.43. The van der Waals surface area contributed by atoms with Gasteiger partial charge < -0.3 is 15.5 Å². The van der Waals surface area contributed by atoms with Gasteiger partial charge in [0, 0.05) is 31.4 Å². The van der Waals surface area contributed by atoms with Gasteiger partial charge in [-0.1, -0.05) is 13.0 Å². The van der Waals surface area contributed by atoms with E-state index in [0.29, 0.717) is 13.1 Å². The minimum atomic E-state index is 0.0689. The van der Waals surface area contributed by atoms with Crippen LogP contribution in [-0.2, 0) is 11.3 Å². The highest BCUT2D eigenvalue weighted by atomic mass is 16.2. The Morgan fingerprint density at radius 2 is 2.44 bits per heavy atom. The summed E-state index contributed by atoms with van der Waals surface area (Å²) in [6.45, 7) is 5.86. The Labute approximate surface area is 108 Å². The van der Waals surface area contributed by atoms with E-state index in [1.165, 1.54) is 0 Å². The van der Waals surface area contributed by atoms with E-state index in [1.807, 2.05) is 11.0 Å². The summed E-state index contributed by atoms with van der Waals surface area (Å²) in [5.74, 6) is 0.996. The molecule has 0 aromatic carbocycles. The Morgan fingerprint density at radius 3 is 3.22 bits per heavy atom. The highest BCUT2D eigenvalue weighted by molar-refractivity contribution is 5.82. The predicted octanol–water partition coefficient (Wildman–Crippen LogP) is 0.517. The molecule has 2 heterocycles. The van der Waals surface area contributed by atoms with E-state index in [-0.39, 0.29) is 5.91 Å². The van der Waals surface area contributed by atoms with Gasteiger partial charge in [-0.2, -0.15) is 0 Å². The zero-order valence-electron chi connectivity index (χ0n) is 10.8. The molecule has 98 valence electrons. The van der Waals surface area contributed by atoms with Crippen LogP contribution in [0.25, 0.3) is 0 Å². The van der Waals surface area contributed by atoms with Crippen LogP contribution in [0.4, 0.5) is 5.82 Å². The van der Waals surface area contributed by atoms with E-state index in [9.17, 15) is 4.79 Å². The molecule has 1 fully saturated rings. The number of nitrogens with zero attached hydrogens (tertiary/aromatic N) is 2. The summed E-state index contributed by atoms with van der Waals surface area (Å²) in [6.07, 6.45) is 2.90. The lowest BCUT2D eigenvalue weighted by molar-refractivity contribution is -0.120. The molecule has 18 heavy (non-hydrogen) atoms. The number of hydrogen-bond donors (Lipinski definition) is 2. The average Bonchev–Trinajstić information content (AvgIpc) is 2.40. The van der Waals surface area contributed by atoms with Gasteiger partial charge in [-0.05, 0) is 19.0 Å². The number of pyridine rings is 1. The van der Waals surface area contributed by atoms with Crippen LogP contribution in [0, 0.1) is 0 Å². The van der Waals surface area contributed by atoms with Crippen LogP contribution in [0.5, 0.6) is 0 Å². The molecule has 5 nitrogen and oxygen atoms in total. The molecule has 0 radical (unpaired) electrons. The maximum absolute atomic E-state index is 11.4. The van der Waals surface area contributed by atoms with Gasteiger partial charge in [0.1, 0.15) is 5.82 Å². The minimum absolute atomic E-state index is 0.0689. The maximum Gasteiger partial charge on any atom is 0.239 e. The normalized spacial score (nSPS) is 15.6. The number of carbonyl (C=O) groups excluding carboxylic acids is 1. The lowest BCUT2D eigenvalue weighted by Crippen LogP contribution is -2.48. The van der Waals surface area contributed by atoms with Crippen LogP contribution in [-0.4, -0.2) is 37.1 Å². The van der Waals surface area contributed by atoms with Crippen molar-refractivity contribution in [2.75, 3.05) is 31.1 Å². The van der Waals surface area contributed by atoms with E-state index in [0.717, 1.165) is 37.4 Å². The number of anilines is 1. The largest absolute Gasteiger partial charge is 0.353 e. The summed E-state index contributed by atoms with van der Waals surface area (Å²) in [6, 6.07) is 4.01. The molecule has 1 aromatic rings. The molecular weight excluding hydrogens is 228 g/mol.